The van der Waals surface area contributed by atoms with Crippen LogP contribution in [0.15, 0.2) is 47.4 Å². The Labute approximate surface area is 201 Å². The zero-order chi connectivity index (χ0) is 26.2. The summed E-state index contributed by atoms with van der Waals surface area (Å²) in [6, 6.07) is 8.68. The Hall–Kier alpha value is -4.55. The average molecular weight is 503 g/mol. The molecule has 1 aliphatic rings. The third-order valence-electron chi connectivity index (χ3n) is 5.87. The summed E-state index contributed by atoms with van der Waals surface area (Å²) in [6.45, 7) is 1.48. The van der Waals surface area contributed by atoms with Crippen LogP contribution < -0.4 is 21.1 Å². The number of para-hydroxylation sites is 1. The fourth-order valence-corrected chi connectivity index (χ4v) is 4.19. The second-order valence-electron chi connectivity index (χ2n) is 8.00. The van der Waals surface area contributed by atoms with Crippen LogP contribution in [0, 0.1) is 0 Å². The monoisotopic (exact) mass is 503 g/mol. The fourth-order valence-electron chi connectivity index (χ4n) is 4.19. The van der Waals surface area contributed by atoms with E-state index in [0.29, 0.717) is 37.7 Å². The summed E-state index contributed by atoms with van der Waals surface area (Å²) in [7, 11) is 0. The number of aromatic nitrogens is 2. The maximum Gasteiger partial charge on any atom is 0.417 e. The smallest absolute Gasteiger partial charge is 0.417 e. The molecule has 1 fully saturated rings. The van der Waals surface area contributed by atoms with Gasteiger partial charge in [-0.25, -0.2) is 14.6 Å². The van der Waals surface area contributed by atoms with Crippen LogP contribution in [0.2, 0.25) is 0 Å². The van der Waals surface area contributed by atoms with Gasteiger partial charge in [0.1, 0.15) is 22.8 Å². The molecule has 1 aliphatic heterocycles. The van der Waals surface area contributed by atoms with Gasteiger partial charge in [0, 0.05) is 49.2 Å². The Kier molecular flexibility index (Phi) is 6.31. The van der Waals surface area contributed by atoms with Gasteiger partial charge in [-0.2, -0.15) is 13.2 Å². The molecule has 13 heteroatoms. The molecule has 0 bridgehead atoms. The molecule has 0 radical (unpaired) electrons. The quantitative estimate of drug-likeness (QED) is 0.412. The van der Waals surface area contributed by atoms with Gasteiger partial charge in [-0.1, -0.05) is 18.2 Å². The Morgan fingerprint density at radius 2 is 1.56 bits per heavy atom. The van der Waals surface area contributed by atoms with Crippen molar-refractivity contribution in [2.24, 2.45) is 0 Å². The van der Waals surface area contributed by atoms with Crippen molar-refractivity contribution in [3.8, 4) is 11.1 Å². The summed E-state index contributed by atoms with van der Waals surface area (Å²) >= 11 is 0. The third-order valence-corrected chi connectivity index (χ3v) is 5.87. The second kappa shape index (κ2) is 9.24. The first-order valence-electron chi connectivity index (χ1n) is 10.6. The number of halogens is 3. The van der Waals surface area contributed by atoms with Gasteiger partial charge in [0.15, 0.2) is 0 Å². The molecular formula is C23H20F3N5O5. The minimum Gasteiger partial charge on any atom is -0.478 e. The lowest BCUT2D eigenvalue weighted by atomic mass is 9.93. The number of nitrogen functional groups attached to an aromatic ring is 1. The molecule has 0 aliphatic carbocycles. The third kappa shape index (κ3) is 4.54. The summed E-state index contributed by atoms with van der Waals surface area (Å²) in [5.41, 5.74) is 2.96. The maximum atomic E-state index is 12.8. The van der Waals surface area contributed by atoms with Crippen molar-refractivity contribution < 1.29 is 33.0 Å². The Morgan fingerprint density at radius 1 is 0.944 bits per heavy atom. The molecule has 0 amide bonds. The highest BCUT2D eigenvalue weighted by Gasteiger charge is 2.32. The molecule has 1 aromatic carbocycles. The summed E-state index contributed by atoms with van der Waals surface area (Å²) in [5, 5.41) is 19.4. The van der Waals surface area contributed by atoms with Crippen LogP contribution in [0.4, 0.5) is 30.5 Å². The first-order chi connectivity index (χ1) is 17.0. The fraction of sp³-hybridized carbons (Fsp3) is 0.217. The van der Waals surface area contributed by atoms with E-state index >= 15 is 0 Å². The van der Waals surface area contributed by atoms with Crippen molar-refractivity contribution in [2.75, 3.05) is 41.7 Å². The highest BCUT2D eigenvalue weighted by atomic mass is 19.4. The van der Waals surface area contributed by atoms with E-state index in [1.807, 2.05) is 4.90 Å². The van der Waals surface area contributed by atoms with Gasteiger partial charge in [-0.15, -0.1) is 0 Å². The standard InChI is InChI=1S/C23H20F3N5O5/c24-23(25,26)12-5-6-15(28-11-12)31-9-7-30(8-10-31)14-4-2-1-3-13(14)16-17(21(33)34)19(27)29-20(32)18(16)22(35)36/h1-6,11H,7-10H2,(H,33,34)(H,35,36)(H3,27,29,32). The maximum absolute atomic E-state index is 12.8. The topological polar surface area (TPSA) is 153 Å². The van der Waals surface area contributed by atoms with E-state index in [-0.39, 0.29) is 11.1 Å². The van der Waals surface area contributed by atoms with E-state index in [1.54, 1.807) is 23.1 Å². The summed E-state index contributed by atoms with van der Waals surface area (Å²) in [5.74, 6) is -3.21. The number of alkyl halides is 3. The molecule has 1 saturated heterocycles. The average Bonchev–Trinajstić information content (AvgIpc) is 2.82. The van der Waals surface area contributed by atoms with Crippen molar-refractivity contribution >= 4 is 29.3 Å². The number of benzene rings is 1. The van der Waals surface area contributed by atoms with Gasteiger partial charge in [0.05, 0.1) is 5.56 Å². The number of carboxylic acids is 2. The summed E-state index contributed by atoms with van der Waals surface area (Å²) in [6.07, 6.45) is -3.71. The molecular weight excluding hydrogens is 483 g/mol. The number of rotatable bonds is 5. The number of carbonyl (C=O) groups is 2. The predicted octanol–water partition coefficient (Wildman–Crippen LogP) is 2.76. The number of nitrogens with two attached hydrogens (primary N) is 1. The van der Waals surface area contributed by atoms with E-state index in [1.165, 1.54) is 12.1 Å². The number of nitrogens with one attached hydrogen (secondary N) is 1. The van der Waals surface area contributed by atoms with E-state index in [4.69, 9.17) is 5.73 Å². The van der Waals surface area contributed by atoms with Crippen LogP contribution in [-0.4, -0.2) is 58.3 Å². The number of hydrogen-bond donors (Lipinski definition) is 4. The van der Waals surface area contributed by atoms with Crippen molar-refractivity contribution in [3.63, 3.8) is 0 Å². The molecule has 0 saturated carbocycles. The number of hydrogen-bond acceptors (Lipinski definition) is 7. The number of nitrogens with zero attached hydrogens (tertiary/aromatic N) is 3. The van der Waals surface area contributed by atoms with E-state index < -0.39 is 46.2 Å². The molecule has 3 heterocycles. The predicted molar refractivity (Wildman–Crippen MR) is 124 cm³/mol. The number of anilines is 3. The van der Waals surface area contributed by atoms with Gasteiger partial charge < -0.3 is 30.7 Å². The van der Waals surface area contributed by atoms with Crippen molar-refractivity contribution in [2.45, 2.75) is 6.18 Å². The van der Waals surface area contributed by atoms with Gasteiger partial charge in [-0.3, -0.25) is 4.79 Å². The van der Waals surface area contributed by atoms with Crippen LogP contribution in [0.3, 0.4) is 0 Å². The van der Waals surface area contributed by atoms with Crippen LogP contribution in [0.5, 0.6) is 0 Å². The lowest BCUT2D eigenvalue weighted by molar-refractivity contribution is -0.137. The molecule has 2 aromatic heterocycles. The number of pyridine rings is 2. The van der Waals surface area contributed by atoms with Crippen LogP contribution >= 0.6 is 0 Å². The number of carboxylic acid groups (broad SMARTS) is 2. The van der Waals surface area contributed by atoms with E-state index in [0.717, 1.165) is 12.3 Å². The van der Waals surface area contributed by atoms with Crippen LogP contribution in [-0.2, 0) is 6.18 Å². The highest BCUT2D eigenvalue weighted by Crippen LogP contribution is 2.37. The molecule has 10 nitrogen and oxygen atoms in total. The van der Waals surface area contributed by atoms with Crippen molar-refractivity contribution in [1.29, 1.82) is 0 Å². The first kappa shape index (κ1) is 24.6. The van der Waals surface area contributed by atoms with E-state index in [9.17, 15) is 37.8 Å². The molecule has 0 atom stereocenters. The molecule has 0 unspecified atom stereocenters. The Bertz CT molecular complexity index is 1380. The molecule has 5 N–H and O–H groups in total. The Balaban J connectivity index is 1.68. The van der Waals surface area contributed by atoms with E-state index in [2.05, 4.69) is 9.97 Å². The normalized spacial score (nSPS) is 14.1. The van der Waals surface area contributed by atoms with Gasteiger partial charge in [0.25, 0.3) is 5.56 Å². The zero-order valence-electron chi connectivity index (χ0n) is 18.5. The molecule has 0 spiro atoms. The molecule has 4 rings (SSSR count). The number of piperazine rings is 1. The van der Waals surface area contributed by atoms with Crippen LogP contribution in [0.25, 0.3) is 11.1 Å². The molecule has 3 aromatic rings. The minimum absolute atomic E-state index is 0.200. The molecule has 36 heavy (non-hydrogen) atoms. The van der Waals surface area contributed by atoms with Crippen molar-refractivity contribution in [1.82, 2.24) is 9.97 Å². The lowest BCUT2D eigenvalue weighted by Crippen LogP contribution is -2.47. The highest BCUT2D eigenvalue weighted by molar-refractivity contribution is 6.08. The largest absolute Gasteiger partial charge is 0.478 e. The zero-order valence-corrected chi connectivity index (χ0v) is 18.5. The number of H-pyrrole nitrogens is 1. The van der Waals surface area contributed by atoms with Gasteiger partial charge in [-0.05, 0) is 18.2 Å². The van der Waals surface area contributed by atoms with Crippen molar-refractivity contribution in [3.05, 3.63) is 69.6 Å². The first-order valence-corrected chi connectivity index (χ1v) is 10.6. The van der Waals surface area contributed by atoms with Crippen LogP contribution in [0.1, 0.15) is 26.3 Å². The van der Waals surface area contributed by atoms with Gasteiger partial charge in [0.2, 0.25) is 0 Å². The van der Waals surface area contributed by atoms with Gasteiger partial charge >= 0.3 is 18.1 Å². The number of aromatic carboxylic acids is 2. The lowest BCUT2D eigenvalue weighted by Gasteiger charge is -2.37. The SMILES string of the molecule is Nc1[nH]c(=O)c(C(=O)O)c(-c2ccccc2N2CCN(c3ccc(C(F)(F)F)cn3)CC2)c1C(=O)O. The number of aromatic amines is 1. The summed E-state index contributed by atoms with van der Waals surface area (Å²) in [4.78, 5) is 46.0. The minimum atomic E-state index is -4.49. The Morgan fingerprint density at radius 3 is 2.11 bits per heavy atom. The molecule has 188 valence electrons. The summed E-state index contributed by atoms with van der Waals surface area (Å²) < 4.78 is 38.5. The second-order valence-corrected chi connectivity index (χ2v) is 8.00.